The second kappa shape index (κ2) is 22.3. The highest BCUT2D eigenvalue weighted by Gasteiger charge is 2.48. The van der Waals surface area contributed by atoms with E-state index in [4.69, 9.17) is 18.9 Å². The third-order valence-corrected chi connectivity index (χ3v) is 17.6. The van der Waals surface area contributed by atoms with Crippen molar-refractivity contribution >= 4 is 56.3 Å². The SMILES string of the molecule is COC(=O)[C@@H]1[C@H]2C[C@@H]3OCc4ccccc4-n4c3c(c3ccccc34)CCN(C#N)C[C@@H]2CC[C@@H]1O.COC(=O)[C@@H]1[C@H]2C[C@H](OCc3ccccc3I)c3[nH]c4ccccc4c3CCN(C#N)C[C@@H]2CC[C@@H]1O. The van der Waals surface area contributed by atoms with Gasteiger partial charge in [0.1, 0.15) is 0 Å². The monoisotopic (exact) mass is 1100 g/mol. The Morgan fingerprint density at radius 2 is 1.33 bits per heavy atom. The zero-order valence-corrected chi connectivity index (χ0v) is 43.5. The predicted octanol–water partition coefficient (Wildman–Crippen LogP) is 9.04. The molecule has 0 radical (unpaired) electrons. The fourth-order valence-electron chi connectivity index (χ4n) is 13.0. The molecule has 10 atom stereocenters. The molecule has 0 saturated heterocycles. The summed E-state index contributed by atoms with van der Waals surface area (Å²) in [5, 5.41) is 44.1. The van der Waals surface area contributed by atoms with Crippen LogP contribution in [-0.4, -0.2) is 94.1 Å². The summed E-state index contributed by atoms with van der Waals surface area (Å²) in [7, 11) is 2.76. The first kappa shape index (κ1) is 50.6. The highest BCUT2D eigenvalue weighted by atomic mass is 127. The molecule has 5 aliphatic rings. The molecule has 0 amide bonds. The van der Waals surface area contributed by atoms with E-state index >= 15 is 0 Å². The van der Waals surface area contributed by atoms with Gasteiger partial charge in [0.15, 0.2) is 12.4 Å². The number of aliphatic hydroxyl groups is 2. The second-order valence-corrected chi connectivity index (χ2v) is 21.6. The van der Waals surface area contributed by atoms with E-state index in [0.717, 1.165) is 79.4 Å². The van der Waals surface area contributed by atoms with Crippen LogP contribution < -0.4 is 0 Å². The second-order valence-electron chi connectivity index (χ2n) is 20.4. The molecule has 2 fully saturated rings. The van der Waals surface area contributed by atoms with E-state index in [9.17, 15) is 30.3 Å². The first-order valence-corrected chi connectivity index (χ1v) is 26.8. The van der Waals surface area contributed by atoms with Gasteiger partial charge in [0.05, 0.1) is 80.6 Å². The number of rotatable bonds is 5. The molecule has 4 aromatic carbocycles. The Hall–Kier alpha value is -5.95. The quantitative estimate of drug-likeness (QED) is 0.0847. The standard InChI is InChI=1S/C29H32IN3O4.C29H31N3O4/c1-36-29(35)27-22-14-26(37-16-19-6-2-4-8-23(19)30)28-21(20-7-3-5-9-24(20)32-28)12-13-33(17-31)15-18(22)10-11-25(27)34;1-35-29(34)27-22-14-26-28-21(12-13-31(17-30)15-18(22)10-11-25(27)33)20-7-3-5-9-24(20)32(28)23-8-4-2-6-19(23)16-36-26/h2-9,18,22,25-27,32,34H,10-16H2,1H3;2-9,18,22,25-27,33H,10-16H2,1H3/t2*18-,22-,25-,26-,27+/m00/s1. The van der Waals surface area contributed by atoms with Crippen LogP contribution in [0.25, 0.3) is 27.5 Å². The predicted molar refractivity (Wildman–Crippen MR) is 282 cm³/mol. The smallest absolute Gasteiger partial charge is 0.311 e. The molecule has 3 N–H and O–H groups in total. The summed E-state index contributed by atoms with van der Waals surface area (Å²) in [4.78, 5) is 33.1. The third kappa shape index (κ3) is 10.1. The number of nitrogens with zero attached hydrogens (tertiary/aromatic N) is 5. The highest BCUT2D eigenvalue weighted by Crippen LogP contribution is 2.48. The van der Waals surface area contributed by atoms with Crippen molar-refractivity contribution in [1.82, 2.24) is 19.4 Å². The molecule has 0 spiro atoms. The molecule has 3 aliphatic heterocycles. The molecule has 2 aromatic heterocycles. The number of aromatic amines is 1. The lowest BCUT2D eigenvalue weighted by molar-refractivity contribution is -0.159. The van der Waals surface area contributed by atoms with Gasteiger partial charge >= 0.3 is 11.9 Å². The largest absolute Gasteiger partial charge is 0.469 e. The molecule has 73 heavy (non-hydrogen) atoms. The Labute approximate surface area is 439 Å². The van der Waals surface area contributed by atoms with Gasteiger partial charge in [-0.05, 0) is 139 Å². The number of methoxy groups -OCH3 is 2. The Morgan fingerprint density at radius 1 is 0.740 bits per heavy atom. The third-order valence-electron chi connectivity index (χ3n) is 16.6. The minimum Gasteiger partial charge on any atom is -0.469 e. The number of aromatic nitrogens is 2. The molecule has 14 nitrogen and oxygen atoms in total. The Bertz CT molecular complexity index is 3050. The molecular weight excluding hydrogens is 1040 g/mol. The number of nitrogens with one attached hydrogen (secondary N) is 1. The van der Waals surface area contributed by atoms with E-state index in [1.165, 1.54) is 25.2 Å². The number of benzene rings is 4. The van der Waals surface area contributed by atoms with Crippen molar-refractivity contribution in [3.63, 3.8) is 0 Å². The number of H-pyrrole nitrogens is 1. The van der Waals surface area contributed by atoms with Gasteiger partial charge in [-0.1, -0.05) is 72.8 Å². The van der Waals surface area contributed by atoms with Crippen LogP contribution >= 0.6 is 22.6 Å². The van der Waals surface area contributed by atoms with Gasteiger partial charge in [-0.15, -0.1) is 0 Å². The average molecular weight is 1100 g/mol. The summed E-state index contributed by atoms with van der Waals surface area (Å²) < 4.78 is 27.1. The molecule has 5 heterocycles. The summed E-state index contributed by atoms with van der Waals surface area (Å²) in [6.45, 7) is 3.23. The van der Waals surface area contributed by atoms with Crippen LogP contribution in [0, 0.1) is 62.0 Å². The molecule has 0 bridgehead atoms. The zero-order chi connectivity index (χ0) is 50.8. The normalized spacial score (nSPS) is 26.9. The number of aliphatic hydroxyl groups excluding tert-OH is 2. The van der Waals surface area contributed by atoms with Crippen LogP contribution in [0.15, 0.2) is 97.1 Å². The first-order valence-electron chi connectivity index (χ1n) is 25.7. The van der Waals surface area contributed by atoms with Crippen molar-refractivity contribution in [3.8, 4) is 18.1 Å². The summed E-state index contributed by atoms with van der Waals surface area (Å²) in [6, 6.07) is 33.1. The number of hydrogen-bond donors (Lipinski definition) is 3. The van der Waals surface area contributed by atoms with E-state index in [1.807, 2.05) is 40.1 Å². The number of hydrogen-bond acceptors (Lipinski definition) is 12. The van der Waals surface area contributed by atoms with Gasteiger partial charge in [-0.2, -0.15) is 10.5 Å². The number of nitriles is 2. The number of para-hydroxylation sites is 3. The molecule has 0 unspecified atom stereocenters. The summed E-state index contributed by atoms with van der Waals surface area (Å²) in [6.07, 6.45) is 7.81. The van der Waals surface area contributed by atoms with Gasteiger partial charge in [-0.25, -0.2) is 0 Å². The van der Waals surface area contributed by atoms with Crippen LogP contribution in [0.3, 0.4) is 0 Å². The van der Waals surface area contributed by atoms with Crippen molar-refractivity contribution in [1.29, 1.82) is 10.5 Å². The van der Waals surface area contributed by atoms with Crippen LogP contribution in [0.2, 0.25) is 0 Å². The van der Waals surface area contributed by atoms with E-state index < -0.39 is 30.0 Å². The van der Waals surface area contributed by atoms with Gasteiger partial charge in [-0.3, -0.25) is 9.59 Å². The van der Waals surface area contributed by atoms with Gasteiger partial charge < -0.3 is 48.5 Å². The summed E-state index contributed by atoms with van der Waals surface area (Å²) >= 11 is 2.33. The summed E-state index contributed by atoms with van der Waals surface area (Å²) in [5.74, 6) is -2.26. The maximum absolute atomic E-state index is 12.9. The van der Waals surface area contributed by atoms with Crippen molar-refractivity contribution in [2.75, 3.05) is 40.4 Å². The minimum absolute atomic E-state index is 0.0704. The van der Waals surface area contributed by atoms with Crippen LogP contribution in [0.1, 0.15) is 84.4 Å². The Kier molecular flexibility index (Phi) is 15.4. The highest BCUT2D eigenvalue weighted by molar-refractivity contribution is 14.1. The maximum Gasteiger partial charge on any atom is 0.311 e. The molecule has 380 valence electrons. The number of carbonyl (C=O) groups excluding carboxylic acids is 2. The van der Waals surface area contributed by atoms with Crippen LogP contribution in [0.4, 0.5) is 0 Å². The number of carbonyl (C=O) groups is 2. The minimum atomic E-state index is -0.773. The molecule has 15 heteroatoms. The van der Waals surface area contributed by atoms with E-state index in [-0.39, 0.29) is 41.8 Å². The molecule has 11 rings (SSSR count). The van der Waals surface area contributed by atoms with Crippen LogP contribution in [0.5, 0.6) is 0 Å². The lowest BCUT2D eigenvalue weighted by Crippen LogP contribution is -2.47. The molecule has 2 aliphatic carbocycles. The lowest BCUT2D eigenvalue weighted by atomic mass is 9.67. The first-order chi connectivity index (χ1) is 35.6. The molecule has 2 saturated carbocycles. The Morgan fingerprint density at radius 3 is 2.00 bits per heavy atom. The Balaban J connectivity index is 0.000000168. The van der Waals surface area contributed by atoms with E-state index in [2.05, 4.69) is 111 Å². The molecular formula is C58H63IN6O8. The maximum atomic E-state index is 12.9. The van der Waals surface area contributed by atoms with Crippen molar-refractivity contribution in [3.05, 3.63) is 134 Å². The fraction of sp³-hybridized carbons (Fsp3) is 0.448. The van der Waals surface area contributed by atoms with Crippen molar-refractivity contribution < 1.29 is 38.7 Å². The topological polar surface area (TPSA) is 186 Å². The fourth-order valence-corrected chi connectivity index (χ4v) is 13.6. The number of ether oxygens (including phenoxy) is 4. The van der Waals surface area contributed by atoms with Crippen molar-refractivity contribution in [2.45, 2.75) is 89.0 Å². The van der Waals surface area contributed by atoms with Crippen LogP contribution in [-0.2, 0) is 54.6 Å². The summed E-state index contributed by atoms with van der Waals surface area (Å²) in [5.41, 5.74) is 9.92. The van der Waals surface area contributed by atoms with Gasteiger partial charge in [0, 0.05) is 57.3 Å². The zero-order valence-electron chi connectivity index (χ0n) is 41.4. The number of halogens is 1. The lowest BCUT2D eigenvalue weighted by Gasteiger charge is -2.42. The van der Waals surface area contributed by atoms with E-state index in [0.29, 0.717) is 65.1 Å². The average Bonchev–Trinajstić information content (AvgIpc) is 3.90. The number of esters is 2. The van der Waals surface area contributed by atoms with E-state index in [1.54, 1.807) is 0 Å². The molecule has 6 aromatic rings. The van der Waals surface area contributed by atoms with Gasteiger partial charge in [0.25, 0.3) is 0 Å². The number of fused-ring (bicyclic) bond motifs is 10. The van der Waals surface area contributed by atoms with Gasteiger partial charge in [0.2, 0.25) is 0 Å². The van der Waals surface area contributed by atoms with Crippen molar-refractivity contribution in [2.24, 2.45) is 35.5 Å².